The minimum Gasteiger partial charge on any atom is -0.497 e. The number of carbonyl (C=O) groups excluding carboxylic acids is 1. The molecule has 1 atom stereocenters. The number of amides is 1. The summed E-state index contributed by atoms with van der Waals surface area (Å²) in [6, 6.07) is 20.7. The Morgan fingerprint density at radius 3 is 2.58 bits per heavy atom. The summed E-state index contributed by atoms with van der Waals surface area (Å²) in [5.41, 5.74) is 3.25. The molecule has 1 amide bonds. The molecule has 1 aromatic heterocycles. The molecule has 6 nitrogen and oxygen atoms in total. The van der Waals surface area contributed by atoms with Crippen molar-refractivity contribution < 1.29 is 14.3 Å². The van der Waals surface area contributed by atoms with E-state index in [2.05, 4.69) is 17.2 Å². The lowest BCUT2D eigenvalue weighted by atomic mass is 10.1. The minimum absolute atomic E-state index is 0.113. The number of carbonyl (C=O) groups is 1. The van der Waals surface area contributed by atoms with Gasteiger partial charge in [-0.15, -0.1) is 0 Å². The molecule has 0 bridgehead atoms. The van der Waals surface area contributed by atoms with Crippen LogP contribution in [0.5, 0.6) is 11.5 Å². The van der Waals surface area contributed by atoms with Crippen LogP contribution < -0.4 is 14.8 Å². The largest absolute Gasteiger partial charge is 0.497 e. The molecule has 8 heteroatoms. The van der Waals surface area contributed by atoms with Crippen molar-refractivity contribution in [3.63, 3.8) is 0 Å². The monoisotopic (exact) mass is 551 g/mol. The molecule has 4 aromatic rings. The molecule has 1 unspecified atom stereocenters. The normalized spacial score (nSPS) is 11.7. The van der Waals surface area contributed by atoms with E-state index in [0.29, 0.717) is 28.7 Å². The van der Waals surface area contributed by atoms with Gasteiger partial charge in [-0.3, -0.25) is 9.78 Å². The summed E-state index contributed by atoms with van der Waals surface area (Å²) in [4.78, 5) is 19.9. The van der Waals surface area contributed by atoms with Crippen LogP contribution in [0.25, 0.3) is 10.9 Å². The molecule has 38 heavy (non-hydrogen) atoms. The zero-order chi connectivity index (χ0) is 27.1. The van der Waals surface area contributed by atoms with E-state index >= 15 is 0 Å². The highest BCUT2D eigenvalue weighted by atomic mass is 35.5. The van der Waals surface area contributed by atoms with Crippen LogP contribution in [-0.4, -0.2) is 42.6 Å². The van der Waals surface area contributed by atoms with Gasteiger partial charge in [-0.1, -0.05) is 47.5 Å². The number of ether oxygens (including phenoxy) is 2. The van der Waals surface area contributed by atoms with Crippen molar-refractivity contribution in [2.75, 3.05) is 26.1 Å². The Morgan fingerprint density at radius 1 is 1.00 bits per heavy atom. The third-order valence-corrected chi connectivity index (χ3v) is 7.13. The summed E-state index contributed by atoms with van der Waals surface area (Å²) in [5.74, 6) is 1.40. The van der Waals surface area contributed by atoms with E-state index in [4.69, 9.17) is 32.7 Å². The number of methoxy groups -OCH3 is 2. The standard InChI is InChI=1S/C30H31Cl2N3O3/c1-20(34-27-18-24(37-2)16-21-10-6-14-33-29(21)27)8-7-15-35(19-23-9-4-5-11-28(23)38-3)30(36)22-12-13-25(31)26(32)17-22/h4-6,9-14,16-18,20,34H,7-8,15,19H2,1-3H3. The van der Waals surface area contributed by atoms with Crippen molar-refractivity contribution in [3.8, 4) is 11.5 Å². The lowest BCUT2D eigenvalue weighted by Gasteiger charge is -2.25. The number of nitrogens with one attached hydrogen (secondary N) is 1. The number of pyridine rings is 1. The van der Waals surface area contributed by atoms with Gasteiger partial charge in [0, 0.05) is 47.9 Å². The number of hydrogen-bond acceptors (Lipinski definition) is 5. The summed E-state index contributed by atoms with van der Waals surface area (Å²) in [5, 5.41) is 5.36. The van der Waals surface area contributed by atoms with E-state index in [1.54, 1.807) is 38.6 Å². The molecule has 0 aliphatic heterocycles. The molecule has 4 rings (SSSR count). The first-order valence-electron chi connectivity index (χ1n) is 12.4. The van der Waals surface area contributed by atoms with Gasteiger partial charge >= 0.3 is 0 Å². The average Bonchev–Trinajstić information content (AvgIpc) is 2.93. The molecule has 3 aromatic carbocycles. The quantitative estimate of drug-likeness (QED) is 0.209. The first-order valence-corrected chi connectivity index (χ1v) is 13.2. The van der Waals surface area contributed by atoms with Gasteiger partial charge in [0.25, 0.3) is 5.91 Å². The zero-order valence-corrected chi connectivity index (χ0v) is 23.2. The van der Waals surface area contributed by atoms with Crippen molar-refractivity contribution in [3.05, 3.63) is 94.1 Å². The Bertz CT molecular complexity index is 1410. The Morgan fingerprint density at radius 2 is 1.82 bits per heavy atom. The lowest BCUT2D eigenvalue weighted by Crippen LogP contribution is -2.32. The van der Waals surface area contributed by atoms with E-state index in [1.807, 2.05) is 53.4 Å². The van der Waals surface area contributed by atoms with Gasteiger partial charge in [0.05, 0.1) is 35.5 Å². The fourth-order valence-corrected chi connectivity index (χ4v) is 4.72. The molecule has 0 aliphatic carbocycles. The smallest absolute Gasteiger partial charge is 0.254 e. The van der Waals surface area contributed by atoms with E-state index < -0.39 is 0 Å². The van der Waals surface area contributed by atoms with Crippen LogP contribution in [0.2, 0.25) is 10.0 Å². The van der Waals surface area contributed by atoms with Gasteiger partial charge in [-0.25, -0.2) is 0 Å². The van der Waals surface area contributed by atoms with E-state index in [-0.39, 0.29) is 11.9 Å². The Balaban J connectivity index is 1.48. The zero-order valence-electron chi connectivity index (χ0n) is 21.7. The van der Waals surface area contributed by atoms with E-state index in [9.17, 15) is 4.79 Å². The Labute approximate surface area is 233 Å². The van der Waals surface area contributed by atoms with Crippen LogP contribution in [0.15, 0.2) is 72.9 Å². The predicted octanol–water partition coefficient (Wildman–Crippen LogP) is 7.48. The second kappa shape index (κ2) is 12.9. The Hall–Kier alpha value is -3.48. The average molecular weight is 553 g/mol. The van der Waals surface area contributed by atoms with Gasteiger partial charge in [0.2, 0.25) is 0 Å². The highest BCUT2D eigenvalue weighted by Gasteiger charge is 2.19. The number of halogens is 2. The molecule has 1 heterocycles. The first-order chi connectivity index (χ1) is 18.4. The number of aromatic nitrogens is 1. The first kappa shape index (κ1) is 27.6. The van der Waals surface area contributed by atoms with Crippen LogP contribution in [0.3, 0.4) is 0 Å². The second-order valence-corrected chi connectivity index (χ2v) is 9.92. The number of fused-ring (bicyclic) bond motifs is 1. The summed E-state index contributed by atoms with van der Waals surface area (Å²) in [6.45, 7) is 3.09. The van der Waals surface area contributed by atoms with Crippen LogP contribution >= 0.6 is 23.2 Å². The van der Waals surface area contributed by atoms with E-state index in [1.165, 1.54) is 0 Å². The molecule has 0 saturated heterocycles. The maximum Gasteiger partial charge on any atom is 0.254 e. The van der Waals surface area contributed by atoms with Crippen molar-refractivity contribution in [1.82, 2.24) is 9.88 Å². The number of hydrogen-bond donors (Lipinski definition) is 1. The van der Waals surface area contributed by atoms with Crippen molar-refractivity contribution in [2.24, 2.45) is 0 Å². The molecule has 0 spiro atoms. The summed E-state index contributed by atoms with van der Waals surface area (Å²) in [6.07, 6.45) is 3.41. The maximum atomic E-state index is 13.5. The maximum absolute atomic E-state index is 13.5. The number of benzene rings is 3. The second-order valence-electron chi connectivity index (χ2n) is 9.11. The highest BCUT2D eigenvalue weighted by Crippen LogP contribution is 2.29. The molecular weight excluding hydrogens is 521 g/mol. The third kappa shape index (κ3) is 6.69. The summed E-state index contributed by atoms with van der Waals surface area (Å²) >= 11 is 12.3. The lowest BCUT2D eigenvalue weighted by molar-refractivity contribution is 0.0738. The minimum atomic E-state index is -0.113. The van der Waals surface area contributed by atoms with Gasteiger partial charge in [-0.2, -0.15) is 0 Å². The van der Waals surface area contributed by atoms with Crippen molar-refractivity contribution in [2.45, 2.75) is 32.4 Å². The van der Waals surface area contributed by atoms with Crippen LogP contribution in [0, 0.1) is 0 Å². The van der Waals surface area contributed by atoms with Crippen LogP contribution in [-0.2, 0) is 6.54 Å². The number of nitrogens with zero attached hydrogens (tertiary/aromatic N) is 2. The number of para-hydroxylation sites is 1. The molecule has 0 saturated carbocycles. The Kier molecular flexibility index (Phi) is 9.32. The van der Waals surface area contributed by atoms with Gasteiger partial charge in [0.15, 0.2) is 0 Å². The predicted molar refractivity (Wildman–Crippen MR) is 155 cm³/mol. The molecule has 198 valence electrons. The van der Waals surface area contributed by atoms with Crippen LogP contribution in [0.1, 0.15) is 35.7 Å². The molecular formula is C30H31Cl2N3O3. The summed E-state index contributed by atoms with van der Waals surface area (Å²) in [7, 11) is 3.29. The van der Waals surface area contributed by atoms with Crippen molar-refractivity contribution in [1.29, 1.82) is 0 Å². The summed E-state index contributed by atoms with van der Waals surface area (Å²) < 4.78 is 11.0. The fourth-order valence-electron chi connectivity index (χ4n) is 4.42. The van der Waals surface area contributed by atoms with E-state index in [0.717, 1.165) is 46.5 Å². The molecule has 1 N–H and O–H groups in total. The highest BCUT2D eigenvalue weighted by molar-refractivity contribution is 6.42. The van der Waals surface area contributed by atoms with Crippen LogP contribution in [0.4, 0.5) is 5.69 Å². The molecule has 0 radical (unpaired) electrons. The van der Waals surface area contributed by atoms with Crippen molar-refractivity contribution >= 4 is 45.7 Å². The topological polar surface area (TPSA) is 63.7 Å². The van der Waals surface area contributed by atoms with Gasteiger partial charge in [-0.05, 0) is 56.2 Å². The SMILES string of the molecule is COc1cc(NC(C)CCCN(Cc2ccccc2OC)C(=O)c2ccc(Cl)c(Cl)c2)c2ncccc2c1. The molecule has 0 fully saturated rings. The third-order valence-electron chi connectivity index (χ3n) is 6.39. The number of rotatable bonds is 11. The van der Waals surface area contributed by atoms with Gasteiger partial charge in [0.1, 0.15) is 11.5 Å². The number of anilines is 1. The molecule has 0 aliphatic rings. The fraction of sp³-hybridized carbons (Fsp3) is 0.267. The van der Waals surface area contributed by atoms with Gasteiger partial charge < -0.3 is 19.7 Å².